The summed E-state index contributed by atoms with van der Waals surface area (Å²) in [5, 5.41) is 3.33. The van der Waals surface area contributed by atoms with E-state index in [9.17, 15) is 14.4 Å². The summed E-state index contributed by atoms with van der Waals surface area (Å²) in [4.78, 5) is 36.5. The number of benzene rings is 2. The zero-order chi connectivity index (χ0) is 25.8. The Balaban J connectivity index is 1.39. The van der Waals surface area contributed by atoms with Crippen LogP contribution in [0.5, 0.6) is 11.5 Å². The fourth-order valence-electron chi connectivity index (χ4n) is 3.52. The molecule has 1 N–H and O–H groups in total. The largest absolute Gasteiger partial charge is 0.490 e. The third kappa shape index (κ3) is 7.86. The first-order valence-electron chi connectivity index (χ1n) is 12.4. The second-order valence-electron chi connectivity index (χ2n) is 8.23. The second kappa shape index (κ2) is 13.9. The lowest BCUT2D eigenvalue weighted by Crippen LogP contribution is -2.29. The first kappa shape index (κ1) is 26.8. The van der Waals surface area contributed by atoms with Gasteiger partial charge in [0.05, 0.1) is 19.8 Å². The molecule has 0 aliphatic rings. The second-order valence-corrected chi connectivity index (χ2v) is 8.23. The maximum Gasteiger partial charge on any atom is 0.349 e. The molecule has 1 heterocycles. The van der Waals surface area contributed by atoms with Gasteiger partial charge in [-0.25, -0.2) is 4.79 Å². The number of esters is 1. The minimum Gasteiger partial charge on any atom is -0.490 e. The minimum absolute atomic E-state index is 0.0566. The number of para-hydroxylation sites is 1. The average Bonchev–Trinajstić information content (AvgIpc) is 2.88. The van der Waals surface area contributed by atoms with Crippen LogP contribution >= 0.6 is 0 Å². The Bertz CT molecular complexity index is 1220. The van der Waals surface area contributed by atoms with Crippen LogP contribution in [0.15, 0.2) is 57.7 Å². The van der Waals surface area contributed by atoms with Gasteiger partial charge >= 0.3 is 11.6 Å². The highest BCUT2D eigenvalue weighted by Gasteiger charge is 2.13. The van der Waals surface area contributed by atoms with Gasteiger partial charge in [-0.2, -0.15) is 0 Å². The third-order valence-electron chi connectivity index (χ3n) is 5.44. The smallest absolute Gasteiger partial charge is 0.349 e. The van der Waals surface area contributed by atoms with Crippen LogP contribution < -0.4 is 20.4 Å². The van der Waals surface area contributed by atoms with E-state index in [-0.39, 0.29) is 31.1 Å². The molecular weight excluding hydrogens is 462 g/mol. The molecule has 0 saturated carbocycles. The summed E-state index contributed by atoms with van der Waals surface area (Å²) in [6.07, 6.45) is 3.20. The molecule has 36 heavy (non-hydrogen) atoms. The van der Waals surface area contributed by atoms with E-state index in [4.69, 9.17) is 18.6 Å². The number of fused-ring (bicyclic) bond motifs is 1. The molecule has 8 heteroatoms. The number of unbranched alkanes of at least 4 members (excludes halogenated alkanes) is 1. The van der Waals surface area contributed by atoms with Crippen LogP contribution in [0.25, 0.3) is 11.0 Å². The number of ether oxygens (including phenoxy) is 3. The monoisotopic (exact) mass is 495 g/mol. The zero-order valence-electron chi connectivity index (χ0n) is 20.8. The van der Waals surface area contributed by atoms with Crippen molar-refractivity contribution in [3.63, 3.8) is 0 Å². The van der Waals surface area contributed by atoms with E-state index in [1.807, 2.05) is 25.1 Å². The number of hydrogen-bond acceptors (Lipinski definition) is 7. The predicted molar refractivity (Wildman–Crippen MR) is 137 cm³/mol. The molecule has 0 bridgehead atoms. The molecule has 0 radical (unpaired) electrons. The topological polar surface area (TPSA) is 104 Å². The maximum absolute atomic E-state index is 12.3. The predicted octanol–water partition coefficient (Wildman–Crippen LogP) is 4.67. The van der Waals surface area contributed by atoms with E-state index in [0.29, 0.717) is 48.5 Å². The highest BCUT2D eigenvalue weighted by Crippen LogP contribution is 2.29. The van der Waals surface area contributed by atoms with Crippen LogP contribution in [0, 0.1) is 0 Å². The van der Waals surface area contributed by atoms with E-state index >= 15 is 0 Å². The highest BCUT2D eigenvalue weighted by atomic mass is 16.5. The molecular formula is C28H33NO7. The number of rotatable bonds is 14. The standard InChI is InChI=1S/C28H33NO7/c1-3-5-16-34-24-13-11-20(18-25(24)33-4-2)12-14-26(30)35-17-8-15-29-27(31)22-19-21-9-6-7-10-23(21)36-28(22)32/h6-7,9-11,13,18-19H,3-5,8,12,14-17H2,1-2H3,(H,29,31). The first-order valence-corrected chi connectivity index (χ1v) is 12.4. The molecule has 0 spiro atoms. The third-order valence-corrected chi connectivity index (χ3v) is 5.44. The van der Waals surface area contributed by atoms with Crippen molar-refractivity contribution in [1.29, 1.82) is 0 Å². The molecule has 0 atom stereocenters. The Morgan fingerprint density at radius 1 is 0.944 bits per heavy atom. The summed E-state index contributed by atoms with van der Waals surface area (Å²) < 4.78 is 21.9. The summed E-state index contributed by atoms with van der Waals surface area (Å²) in [5.74, 6) is 0.543. The summed E-state index contributed by atoms with van der Waals surface area (Å²) in [7, 11) is 0. The van der Waals surface area contributed by atoms with Crippen molar-refractivity contribution in [3.05, 3.63) is 70.1 Å². The zero-order valence-corrected chi connectivity index (χ0v) is 20.8. The molecule has 192 valence electrons. The number of amides is 1. The van der Waals surface area contributed by atoms with Gasteiger partial charge in [-0.15, -0.1) is 0 Å². The van der Waals surface area contributed by atoms with Gasteiger partial charge in [-0.3, -0.25) is 9.59 Å². The maximum atomic E-state index is 12.3. The van der Waals surface area contributed by atoms with Gasteiger partial charge in [0.15, 0.2) is 11.5 Å². The molecule has 0 fully saturated rings. The van der Waals surface area contributed by atoms with Crippen LogP contribution in [-0.2, 0) is 16.0 Å². The minimum atomic E-state index is -0.689. The molecule has 1 amide bonds. The number of carbonyl (C=O) groups excluding carboxylic acids is 2. The Labute approximate surface area is 210 Å². The Morgan fingerprint density at radius 3 is 2.58 bits per heavy atom. The lowest BCUT2D eigenvalue weighted by molar-refractivity contribution is -0.143. The summed E-state index contributed by atoms with van der Waals surface area (Å²) in [6, 6.07) is 14.2. The Morgan fingerprint density at radius 2 is 1.78 bits per heavy atom. The Kier molecular flexibility index (Phi) is 10.4. The van der Waals surface area contributed by atoms with Gasteiger partial charge in [0.1, 0.15) is 11.1 Å². The SMILES string of the molecule is CCCCOc1ccc(CCC(=O)OCCCNC(=O)c2cc3ccccc3oc2=O)cc1OCC. The van der Waals surface area contributed by atoms with Crippen molar-refractivity contribution < 1.29 is 28.2 Å². The van der Waals surface area contributed by atoms with Crippen molar-refractivity contribution in [2.75, 3.05) is 26.4 Å². The lowest BCUT2D eigenvalue weighted by Gasteiger charge is -2.13. The number of hydrogen-bond donors (Lipinski definition) is 1. The number of nitrogens with one attached hydrogen (secondary N) is 1. The van der Waals surface area contributed by atoms with Gasteiger partial charge in [0, 0.05) is 18.4 Å². The van der Waals surface area contributed by atoms with Crippen LogP contribution in [0.2, 0.25) is 0 Å². The van der Waals surface area contributed by atoms with Crippen molar-refractivity contribution in [1.82, 2.24) is 5.32 Å². The molecule has 0 unspecified atom stereocenters. The van der Waals surface area contributed by atoms with Gasteiger partial charge in [0.25, 0.3) is 5.91 Å². The molecule has 1 aromatic heterocycles. The van der Waals surface area contributed by atoms with Crippen LogP contribution in [0.3, 0.4) is 0 Å². The molecule has 2 aromatic carbocycles. The van der Waals surface area contributed by atoms with Crippen LogP contribution in [0.4, 0.5) is 0 Å². The van der Waals surface area contributed by atoms with Gasteiger partial charge in [-0.05, 0) is 56.0 Å². The van der Waals surface area contributed by atoms with Crippen LogP contribution in [-0.4, -0.2) is 38.2 Å². The van der Waals surface area contributed by atoms with E-state index in [1.54, 1.807) is 24.3 Å². The Hall–Kier alpha value is -3.81. The van der Waals surface area contributed by atoms with E-state index in [1.165, 1.54) is 6.07 Å². The molecule has 0 aliphatic carbocycles. The quantitative estimate of drug-likeness (QED) is 0.197. The van der Waals surface area contributed by atoms with Crippen molar-refractivity contribution in [2.24, 2.45) is 0 Å². The average molecular weight is 496 g/mol. The van der Waals surface area contributed by atoms with Crippen LogP contribution in [0.1, 0.15) is 55.5 Å². The molecule has 0 aliphatic heterocycles. The molecule has 0 saturated heterocycles. The number of aryl methyl sites for hydroxylation is 1. The van der Waals surface area contributed by atoms with Gasteiger partial charge < -0.3 is 23.9 Å². The van der Waals surface area contributed by atoms with Crippen molar-refractivity contribution in [3.8, 4) is 11.5 Å². The van der Waals surface area contributed by atoms with E-state index < -0.39 is 11.5 Å². The summed E-state index contributed by atoms with van der Waals surface area (Å²) in [5.41, 5.74) is 0.639. The lowest BCUT2D eigenvalue weighted by atomic mass is 10.1. The van der Waals surface area contributed by atoms with Crippen molar-refractivity contribution >= 4 is 22.8 Å². The highest BCUT2D eigenvalue weighted by molar-refractivity contribution is 5.96. The molecule has 8 nitrogen and oxygen atoms in total. The van der Waals surface area contributed by atoms with Gasteiger partial charge in [0.2, 0.25) is 0 Å². The fourth-order valence-corrected chi connectivity index (χ4v) is 3.52. The van der Waals surface area contributed by atoms with E-state index in [2.05, 4.69) is 12.2 Å². The fraction of sp³-hybridized carbons (Fsp3) is 0.393. The summed E-state index contributed by atoms with van der Waals surface area (Å²) >= 11 is 0. The normalized spacial score (nSPS) is 10.7. The molecule has 3 rings (SSSR count). The first-order chi connectivity index (χ1) is 17.5. The van der Waals surface area contributed by atoms with Gasteiger partial charge in [-0.1, -0.05) is 37.6 Å². The summed E-state index contributed by atoms with van der Waals surface area (Å²) in [6.45, 7) is 5.61. The number of carbonyl (C=O) groups is 2. The molecule has 3 aromatic rings. The van der Waals surface area contributed by atoms with Crippen molar-refractivity contribution in [2.45, 2.75) is 46.0 Å². The van der Waals surface area contributed by atoms with E-state index in [0.717, 1.165) is 18.4 Å².